The number of alkyl halides is 3. The topological polar surface area (TPSA) is 73.6 Å². The second-order valence-corrected chi connectivity index (χ2v) is 7.76. The molecular weight excluding hydrogens is 461 g/mol. The third-order valence-electron chi connectivity index (χ3n) is 5.46. The van der Waals surface area contributed by atoms with Crippen LogP contribution >= 0.6 is 0 Å². The molecule has 3 aromatic rings. The van der Waals surface area contributed by atoms with Crippen molar-refractivity contribution in [3.63, 3.8) is 0 Å². The van der Waals surface area contributed by atoms with Crippen molar-refractivity contribution in [3.05, 3.63) is 89.3 Å². The molecule has 0 bridgehead atoms. The second-order valence-electron chi connectivity index (χ2n) is 7.76. The summed E-state index contributed by atoms with van der Waals surface area (Å²) in [4.78, 5) is 16.0. The highest BCUT2D eigenvalue weighted by Crippen LogP contribution is 2.34. The van der Waals surface area contributed by atoms with Crippen molar-refractivity contribution < 1.29 is 32.5 Å². The van der Waals surface area contributed by atoms with Gasteiger partial charge in [0, 0.05) is 12.6 Å². The number of para-hydroxylation sites is 2. The maximum Gasteiger partial charge on any atom is 0.416 e. The number of carboxylic acid groups (broad SMARTS) is 1. The molecule has 0 unspecified atom stereocenters. The highest BCUT2D eigenvalue weighted by Gasteiger charge is 2.36. The molecule has 0 atom stereocenters. The summed E-state index contributed by atoms with van der Waals surface area (Å²) in [6.07, 6.45) is 1.65. The van der Waals surface area contributed by atoms with Gasteiger partial charge in [0.15, 0.2) is 0 Å². The Balaban J connectivity index is 1.66. The monoisotopic (exact) mass is 484 g/mol. The standard InChI is InChI=1S/C26H23F3N2O4/c1-2-34-23-14-18(12-13-19(23)25(32)33)35-16-24-30-21-10-6-7-11-22(21)31(24)15-17-8-4-3-5-9-20(17)26(27,28)29/h3,5-14H,2,4,15-16H2,1H3,(H,32,33). The number of aromatic nitrogens is 2. The molecular formula is C26H23F3N2O4. The maximum absolute atomic E-state index is 13.7. The third kappa shape index (κ3) is 5.40. The van der Waals surface area contributed by atoms with Crippen LogP contribution < -0.4 is 9.47 Å². The van der Waals surface area contributed by atoms with Gasteiger partial charge in [-0.2, -0.15) is 13.2 Å². The highest BCUT2D eigenvalue weighted by molar-refractivity contribution is 5.91. The summed E-state index contributed by atoms with van der Waals surface area (Å²) in [5, 5.41) is 9.33. The molecule has 182 valence electrons. The normalized spacial score (nSPS) is 13.8. The number of rotatable bonds is 8. The molecule has 1 aromatic heterocycles. The van der Waals surface area contributed by atoms with Crippen LogP contribution in [0.2, 0.25) is 0 Å². The van der Waals surface area contributed by atoms with Crippen molar-refractivity contribution in [2.75, 3.05) is 6.61 Å². The predicted octanol–water partition coefficient (Wildman–Crippen LogP) is 6.09. The minimum absolute atomic E-state index is 0.00631. The third-order valence-corrected chi connectivity index (χ3v) is 5.46. The van der Waals surface area contributed by atoms with Gasteiger partial charge in [-0.05, 0) is 49.3 Å². The number of ether oxygens (including phenoxy) is 2. The van der Waals surface area contributed by atoms with E-state index in [1.807, 2.05) is 0 Å². The first-order valence-electron chi connectivity index (χ1n) is 11.0. The van der Waals surface area contributed by atoms with Gasteiger partial charge in [0.1, 0.15) is 29.5 Å². The highest BCUT2D eigenvalue weighted by atomic mass is 19.4. The SMILES string of the molecule is CCOc1cc(OCc2nc3ccccc3n2CC2=CCC=CC=C2C(F)(F)F)ccc1C(=O)O. The van der Waals surface area contributed by atoms with Gasteiger partial charge in [-0.1, -0.05) is 30.4 Å². The molecule has 1 N–H and O–H groups in total. The molecule has 9 heteroatoms. The Labute approximate surface area is 199 Å². The molecule has 0 spiro atoms. The number of halogens is 3. The van der Waals surface area contributed by atoms with Crippen LogP contribution in [0.15, 0.2) is 77.9 Å². The Morgan fingerprint density at radius 3 is 2.71 bits per heavy atom. The summed E-state index contributed by atoms with van der Waals surface area (Å²) in [6.45, 7) is 1.94. The van der Waals surface area contributed by atoms with Gasteiger partial charge >= 0.3 is 12.1 Å². The molecule has 1 heterocycles. The van der Waals surface area contributed by atoms with E-state index >= 15 is 0 Å². The molecule has 0 saturated carbocycles. The van der Waals surface area contributed by atoms with Crippen LogP contribution in [0.5, 0.6) is 11.5 Å². The number of carboxylic acids is 1. The Morgan fingerprint density at radius 1 is 1.17 bits per heavy atom. The first-order valence-corrected chi connectivity index (χ1v) is 11.0. The molecule has 0 radical (unpaired) electrons. The van der Waals surface area contributed by atoms with Gasteiger partial charge in [0.25, 0.3) is 0 Å². The number of aromatic carboxylic acids is 1. The number of imidazole rings is 1. The number of fused-ring (bicyclic) bond motifs is 1. The van der Waals surface area contributed by atoms with E-state index in [4.69, 9.17) is 9.47 Å². The largest absolute Gasteiger partial charge is 0.493 e. The van der Waals surface area contributed by atoms with Gasteiger partial charge < -0.3 is 19.1 Å². The van der Waals surface area contributed by atoms with E-state index in [-0.39, 0.29) is 36.6 Å². The fourth-order valence-corrected chi connectivity index (χ4v) is 3.87. The van der Waals surface area contributed by atoms with E-state index in [9.17, 15) is 23.1 Å². The van der Waals surface area contributed by atoms with E-state index in [2.05, 4.69) is 4.98 Å². The molecule has 0 amide bonds. The van der Waals surface area contributed by atoms with E-state index in [0.29, 0.717) is 29.0 Å². The van der Waals surface area contributed by atoms with Gasteiger partial charge in [-0.3, -0.25) is 0 Å². The van der Waals surface area contributed by atoms with Crippen LogP contribution in [0.3, 0.4) is 0 Å². The van der Waals surface area contributed by atoms with Crippen molar-refractivity contribution in [1.82, 2.24) is 9.55 Å². The Kier molecular flexibility index (Phi) is 6.95. The van der Waals surface area contributed by atoms with E-state index in [1.54, 1.807) is 47.9 Å². The molecule has 0 saturated heterocycles. The zero-order valence-corrected chi connectivity index (χ0v) is 18.9. The van der Waals surface area contributed by atoms with E-state index < -0.39 is 17.7 Å². The zero-order valence-electron chi connectivity index (χ0n) is 18.9. The Bertz CT molecular complexity index is 1340. The first-order chi connectivity index (χ1) is 16.8. The summed E-state index contributed by atoms with van der Waals surface area (Å²) < 4.78 is 54.2. The summed E-state index contributed by atoms with van der Waals surface area (Å²) in [6, 6.07) is 11.6. The van der Waals surface area contributed by atoms with Gasteiger partial charge in [0.2, 0.25) is 0 Å². The maximum atomic E-state index is 13.7. The summed E-state index contributed by atoms with van der Waals surface area (Å²) in [5.74, 6) is -0.166. The molecule has 2 aromatic carbocycles. The van der Waals surface area contributed by atoms with E-state index in [1.165, 1.54) is 24.3 Å². The van der Waals surface area contributed by atoms with Gasteiger partial charge in [-0.15, -0.1) is 0 Å². The molecule has 35 heavy (non-hydrogen) atoms. The van der Waals surface area contributed by atoms with Crippen molar-refractivity contribution in [2.45, 2.75) is 32.7 Å². The fourth-order valence-electron chi connectivity index (χ4n) is 3.87. The number of nitrogens with zero attached hydrogens (tertiary/aromatic N) is 2. The lowest BCUT2D eigenvalue weighted by molar-refractivity contribution is -0.0896. The lowest BCUT2D eigenvalue weighted by Gasteiger charge is -2.17. The second kappa shape index (κ2) is 10.1. The Hall–Kier alpha value is -4.01. The van der Waals surface area contributed by atoms with Crippen LogP contribution in [0.1, 0.15) is 29.5 Å². The summed E-state index contributed by atoms with van der Waals surface area (Å²) in [5.41, 5.74) is 0.777. The van der Waals surface area contributed by atoms with Crippen LogP contribution in [-0.2, 0) is 13.2 Å². The fraction of sp³-hybridized carbons (Fsp3) is 0.231. The lowest BCUT2D eigenvalue weighted by atomic mass is 10.0. The number of allylic oxidation sites excluding steroid dienone is 6. The smallest absolute Gasteiger partial charge is 0.416 e. The summed E-state index contributed by atoms with van der Waals surface area (Å²) >= 11 is 0. The average Bonchev–Trinajstić information content (AvgIpc) is 2.97. The average molecular weight is 484 g/mol. The molecule has 6 nitrogen and oxygen atoms in total. The van der Waals surface area contributed by atoms with Crippen molar-refractivity contribution in [1.29, 1.82) is 0 Å². The first kappa shape index (κ1) is 24.1. The van der Waals surface area contributed by atoms with Crippen molar-refractivity contribution in [2.24, 2.45) is 0 Å². The Morgan fingerprint density at radius 2 is 1.97 bits per heavy atom. The quantitative estimate of drug-likeness (QED) is 0.419. The molecule has 4 rings (SSSR count). The van der Waals surface area contributed by atoms with Crippen LogP contribution in [0.4, 0.5) is 13.2 Å². The molecule has 1 aliphatic rings. The van der Waals surface area contributed by atoms with Crippen LogP contribution in [0, 0.1) is 0 Å². The number of carbonyl (C=O) groups is 1. The number of benzene rings is 2. The van der Waals surface area contributed by atoms with E-state index in [0.717, 1.165) is 6.08 Å². The van der Waals surface area contributed by atoms with Gasteiger partial charge in [-0.25, -0.2) is 9.78 Å². The van der Waals surface area contributed by atoms with Crippen LogP contribution in [-0.4, -0.2) is 33.4 Å². The lowest BCUT2D eigenvalue weighted by Crippen LogP contribution is -2.18. The van der Waals surface area contributed by atoms with Gasteiger partial charge in [0.05, 0.1) is 23.2 Å². The minimum Gasteiger partial charge on any atom is -0.493 e. The van der Waals surface area contributed by atoms with Crippen LogP contribution in [0.25, 0.3) is 11.0 Å². The van der Waals surface area contributed by atoms with Crippen molar-refractivity contribution >= 4 is 17.0 Å². The van der Waals surface area contributed by atoms with Crippen molar-refractivity contribution in [3.8, 4) is 11.5 Å². The number of hydrogen-bond donors (Lipinski definition) is 1. The zero-order chi connectivity index (χ0) is 25.0. The molecule has 0 fully saturated rings. The molecule has 0 aliphatic heterocycles. The summed E-state index contributed by atoms with van der Waals surface area (Å²) in [7, 11) is 0. The molecule has 1 aliphatic carbocycles. The predicted molar refractivity (Wildman–Crippen MR) is 125 cm³/mol. The minimum atomic E-state index is -4.49. The number of hydrogen-bond acceptors (Lipinski definition) is 4.